The van der Waals surface area contributed by atoms with Gasteiger partial charge in [0, 0.05) is 0 Å². The Labute approximate surface area is 201 Å². The van der Waals surface area contributed by atoms with Gasteiger partial charge in [0.05, 0.1) is 19.6 Å². The fraction of sp³-hybridized carbons (Fsp3) is 1.00. The lowest BCUT2D eigenvalue weighted by molar-refractivity contribution is -0.929. The molecule has 32 heavy (non-hydrogen) atoms. The Kier molecular flexibility index (Phi) is 21.3. The molecule has 0 rings (SSSR count). The van der Waals surface area contributed by atoms with Crippen molar-refractivity contribution in [1.82, 2.24) is 0 Å². The Morgan fingerprint density at radius 1 is 0.531 bits per heavy atom. The van der Waals surface area contributed by atoms with Gasteiger partial charge in [-0.15, -0.1) is 0 Å². The summed E-state index contributed by atoms with van der Waals surface area (Å²) >= 11 is 0. The summed E-state index contributed by atoms with van der Waals surface area (Å²) in [5, 5.41) is 0. The topological polar surface area (TPSA) is 63.6 Å². The number of hydrogen-bond acceptors (Lipinski definition) is 3. The van der Waals surface area contributed by atoms with Crippen LogP contribution in [-0.2, 0) is 14.6 Å². The standard InChI is InChI=1S/C26H55NO4S/c1-4-7-10-13-16-19-22-27(25-26-31-32(28,29)30,23-20-17-14-11-8-5-2)24-21-18-15-12-9-6-3/h4-26H2,1-3H3/p+1. The molecule has 0 aromatic carbocycles. The van der Waals surface area contributed by atoms with E-state index in [1.54, 1.807) is 0 Å². The van der Waals surface area contributed by atoms with Crippen molar-refractivity contribution in [1.29, 1.82) is 0 Å². The Balaban J connectivity index is 4.87. The molecule has 0 aliphatic carbocycles. The fourth-order valence-electron chi connectivity index (χ4n) is 4.69. The molecular formula is C26H56NO4S+. The first-order valence-corrected chi connectivity index (χ1v) is 15.2. The second-order valence-corrected chi connectivity index (χ2v) is 10.9. The Morgan fingerprint density at radius 2 is 0.844 bits per heavy atom. The molecule has 194 valence electrons. The lowest BCUT2D eigenvalue weighted by Crippen LogP contribution is -2.52. The van der Waals surface area contributed by atoms with Crippen LogP contribution in [0.1, 0.15) is 136 Å². The molecule has 6 heteroatoms. The van der Waals surface area contributed by atoms with Gasteiger partial charge in [0.15, 0.2) is 0 Å². The van der Waals surface area contributed by atoms with E-state index < -0.39 is 10.4 Å². The average molecular weight is 479 g/mol. The summed E-state index contributed by atoms with van der Waals surface area (Å²) in [6.45, 7) is 10.8. The molecule has 0 heterocycles. The third kappa shape index (κ3) is 20.4. The van der Waals surface area contributed by atoms with E-state index in [1.807, 2.05) is 0 Å². The Bertz CT molecular complexity index is 455. The highest BCUT2D eigenvalue weighted by molar-refractivity contribution is 7.80. The molecule has 0 bridgehead atoms. The minimum atomic E-state index is -4.36. The van der Waals surface area contributed by atoms with Gasteiger partial charge < -0.3 is 4.48 Å². The van der Waals surface area contributed by atoms with Gasteiger partial charge in [-0.05, 0) is 38.5 Å². The highest BCUT2D eigenvalue weighted by Crippen LogP contribution is 2.19. The molecule has 0 saturated heterocycles. The van der Waals surface area contributed by atoms with E-state index in [4.69, 9.17) is 8.74 Å². The van der Waals surface area contributed by atoms with Crippen LogP contribution < -0.4 is 0 Å². The van der Waals surface area contributed by atoms with Crippen LogP contribution in [0, 0.1) is 0 Å². The second-order valence-electron chi connectivity index (χ2n) is 9.79. The van der Waals surface area contributed by atoms with Crippen molar-refractivity contribution >= 4 is 10.4 Å². The smallest absolute Gasteiger partial charge is 0.322 e. The molecule has 0 aliphatic heterocycles. The van der Waals surface area contributed by atoms with Crippen LogP contribution in [0.25, 0.3) is 0 Å². The van der Waals surface area contributed by atoms with Gasteiger partial charge in [-0.1, -0.05) is 97.8 Å². The summed E-state index contributed by atoms with van der Waals surface area (Å²) in [4.78, 5) is 0. The van der Waals surface area contributed by atoms with Gasteiger partial charge in [-0.25, -0.2) is 4.18 Å². The van der Waals surface area contributed by atoms with Crippen LogP contribution in [0.4, 0.5) is 0 Å². The van der Waals surface area contributed by atoms with Gasteiger partial charge in [0.2, 0.25) is 0 Å². The number of nitrogens with zero attached hydrogens (tertiary/aromatic N) is 1. The van der Waals surface area contributed by atoms with Crippen LogP contribution in [0.2, 0.25) is 0 Å². The van der Waals surface area contributed by atoms with Gasteiger partial charge in [-0.2, -0.15) is 8.42 Å². The molecule has 0 atom stereocenters. The van der Waals surface area contributed by atoms with Crippen LogP contribution in [0.3, 0.4) is 0 Å². The normalized spacial score (nSPS) is 12.5. The first-order valence-electron chi connectivity index (χ1n) is 13.9. The van der Waals surface area contributed by atoms with Crippen LogP contribution in [-0.4, -0.2) is 50.2 Å². The summed E-state index contributed by atoms with van der Waals surface area (Å²) in [5.74, 6) is 0. The first-order chi connectivity index (χ1) is 15.4. The van der Waals surface area contributed by atoms with E-state index in [2.05, 4.69) is 20.8 Å². The van der Waals surface area contributed by atoms with Crippen molar-refractivity contribution in [2.75, 3.05) is 32.8 Å². The third-order valence-electron chi connectivity index (χ3n) is 6.76. The van der Waals surface area contributed by atoms with Crippen molar-refractivity contribution in [3.05, 3.63) is 0 Å². The summed E-state index contributed by atoms with van der Waals surface area (Å²) < 4.78 is 37.0. The van der Waals surface area contributed by atoms with Crippen molar-refractivity contribution in [2.45, 2.75) is 136 Å². The molecule has 0 saturated carbocycles. The van der Waals surface area contributed by atoms with Crippen LogP contribution >= 0.6 is 0 Å². The zero-order valence-corrected chi connectivity index (χ0v) is 22.6. The maximum Gasteiger partial charge on any atom is 0.397 e. The fourth-order valence-corrected chi connectivity index (χ4v) is 4.97. The highest BCUT2D eigenvalue weighted by atomic mass is 32.3. The molecule has 0 unspecified atom stereocenters. The van der Waals surface area contributed by atoms with Gasteiger partial charge >= 0.3 is 10.4 Å². The molecule has 0 radical (unpaired) electrons. The number of hydrogen-bond donors (Lipinski definition) is 1. The molecule has 0 amide bonds. The molecule has 5 nitrogen and oxygen atoms in total. The maximum atomic E-state index is 11.1. The average Bonchev–Trinajstić information content (AvgIpc) is 2.74. The van der Waals surface area contributed by atoms with Crippen molar-refractivity contribution in [3.8, 4) is 0 Å². The quantitative estimate of drug-likeness (QED) is 0.0829. The molecule has 0 aromatic rings. The van der Waals surface area contributed by atoms with Crippen molar-refractivity contribution < 1.29 is 21.6 Å². The van der Waals surface area contributed by atoms with E-state index in [1.165, 1.54) is 116 Å². The Morgan fingerprint density at radius 3 is 1.16 bits per heavy atom. The van der Waals surface area contributed by atoms with Crippen LogP contribution in [0.5, 0.6) is 0 Å². The first kappa shape index (κ1) is 31.8. The zero-order valence-electron chi connectivity index (χ0n) is 21.8. The number of unbranched alkanes of at least 4 members (excludes halogenated alkanes) is 15. The predicted molar refractivity (Wildman–Crippen MR) is 137 cm³/mol. The lowest BCUT2D eigenvalue weighted by Gasteiger charge is -2.39. The molecular weight excluding hydrogens is 422 g/mol. The van der Waals surface area contributed by atoms with Gasteiger partial charge in [0.25, 0.3) is 0 Å². The summed E-state index contributed by atoms with van der Waals surface area (Å²) in [6, 6.07) is 0. The minimum Gasteiger partial charge on any atom is -0.322 e. The Hall–Kier alpha value is -0.170. The third-order valence-corrected chi connectivity index (χ3v) is 7.22. The van der Waals surface area contributed by atoms with Gasteiger partial charge in [0.1, 0.15) is 13.2 Å². The summed E-state index contributed by atoms with van der Waals surface area (Å²) in [5.41, 5.74) is 0. The van der Waals surface area contributed by atoms with E-state index in [0.717, 1.165) is 24.1 Å². The molecule has 0 aromatic heterocycles. The number of quaternary nitrogens is 1. The van der Waals surface area contributed by atoms with E-state index in [0.29, 0.717) is 6.54 Å². The van der Waals surface area contributed by atoms with Crippen molar-refractivity contribution in [3.63, 3.8) is 0 Å². The molecule has 0 aliphatic rings. The van der Waals surface area contributed by atoms with Gasteiger partial charge in [-0.3, -0.25) is 4.55 Å². The summed E-state index contributed by atoms with van der Waals surface area (Å²) in [7, 11) is -4.36. The van der Waals surface area contributed by atoms with E-state index in [9.17, 15) is 8.42 Å². The monoisotopic (exact) mass is 478 g/mol. The summed E-state index contributed by atoms with van der Waals surface area (Å²) in [6.07, 6.45) is 22.9. The van der Waals surface area contributed by atoms with Crippen molar-refractivity contribution in [2.24, 2.45) is 0 Å². The second kappa shape index (κ2) is 21.4. The largest absolute Gasteiger partial charge is 0.397 e. The predicted octanol–water partition coefficient (Wildman–Crippen LogP) is 7.70. The SMILES string of the molecule is CCCCCCCC[N+](CCCCCCCC)(CCCCCCCC)CCOS(=O)(=O)O. The highest BCUT2D eigenvalue weighted by Gasteiger charge is 2.27. The van der Waals surface area contributed by atoms with E-state index in [-0.39, 0.29) is 6.61 Å². The molecule has 1 N–H and O–H groups in total. The lowest BCUT2D eigenvalue weighted by atomic mass is 10.1. The minimum absolute atomic E-state index is 0.0837. The van der Waals surface area contributed by atoms with Crippen LogP contribution in [0.15, 0.2) is 0 Å². The molecule has 0 fully saturated rings. The molecule has 0 spiro atoms. The zero-order chi connectivity index (χ0) is 24.0. The number of rotatable bonds is 25. The van der Waals surface area contributed by atoms with E-state index >= 15 is 0 Å². The maximum absolute atomic E-state index is 11.1.